The largest absolute Gasteiger partial charge is 0.326 e. The number of hydrogen-bond acceptors (Lipinski definition) is 3. The zero-order valence-electron chi connectivity index (χ0n) is 12.8. The first kappa shape index (κ1) is 16.2. The Balaban J connectivity index is 1.98. The summed E-state index contributed by atoms with van der Waals surface area (Å²) >= 11 is 0. The molecule has 0 atom stereocenters. The van der Waals surface area contributed by atoms with Crippen LogP contribution in [0.4, 0.5) is 11.4 Å². The maximum atomic E-state index is 12.3. The Kier molecular flexibility index (Phi) is 5.48. The van der Waals surface area contributed by atoms with Crippen molar-refractivity contribution in [2.24, 2.45) is 0 Å². The Morgan fingerprint density at radius 3 is 2.30 bits per heavy atom. The number of nitriles is 1. The van der Waals surface area contributed by atoms with Gasteiger partial charge in [-0.05, 0) is 43.3 Å². The van der Waals surface area contributed by atoms with Crippen molar-refractivity contribution < 1.29 is 9.59 Å². The van der Waals surface area contributed by atoms with E-state index in [1.54, 1.807) is 29.2 Å². The summed E-state index contributed by atoms with van der Waals surface area (Å²) < 4.78 is 0. The lowest BCUT2D eigenvalue weighted by Crippen LogP contribution is -2.33. The van der Waals surface area contributed by atoms with Gasteiger partial charge in [0.1, 0.15) is 6.42 Å². The second-order valence-corrected chi connectivity index (χ2v) is 4.89. The average molecular weight is 307 g/mol. The number of anilines is 2. The van der Waals surface area contributed by atoms with Crippen LogP contribution < -0.4 is 10.2 Å². The molecule has 0 unspecified atom stereocenters. The van der Waals surface area contributed by atoms with Crippen LogP contribution in [0.2, 0.25) is 0 Å². The lowest BCUT2D eigenvalue weighted by Gasteiger charge is -2.20. The minimum absolute atomic E-state index is 0.233. The van der Waals surface area contributed by atoms with Gasteiger partial charge in [-0.1, -0.05) is 18.2 Å². The number of hydrogen-bond donors (Lipinski definition) is 1. The molecule has 5 heteroatoms. The molecule has 2 aromatic carbocycles. The lowest BCUT2D eigenvalue weighted by atomic mass is 10.2. The van der Waals surface area contributed by atoms with Gasteiger partial charge in [0.15, 0.2) is 0 Å². The Hall–Kier alpha value is -3.13. The van der Waals surface area contributed by atoms with Crippen molar-refractivity contribution in [3.63, 3.8) is 0 Å². The molecule has 23 heavy (non-hydrogen) atoms. The molecule has 0 radical (unpaired) electrons. The third-order valence-electron chi connectivity index (χ3n) is 3.29. The molecule has 0 spiro atoms. The van der Waals surface area contributed by atoms with Crippen LogP contribution in [0, 0.1) is 11.3 Å². The van der Waals surface area contributed by atoms with E-state index in [2.05, 4.69) is 5.32 Å². The molecule has 2 amide bonds. The van der Waals surface area contributed by atoms with Gasteiger partial charge >= 0.3 is 0 Å². The minimum atomic E-state index is -0.380. The number of amides is 2. The lowest BCUT2D eigenvalue weighted by molar-refractivity contribution is -0.125. The van der Waals surface area contributed by atoms with Crippen LogP contribution in [-0.2, 0) is 9.59 Å². The van der Waals surface area contributed by atoms with Crippen molar-refractivity contribution >= 4 is 23.2 Å². The Morgan fingerprint density at radius 1 is 1.09 bits per heavy atom. The van der Waals surface area contributed by atoms with E-state index in [-0.39, 0.29) is 18.2 Å². The van der Waals surface area contributed by atoms with E-state index in [1.807, 2.05) is 43.3 Å². The molecule has 1 N–H and O–H groups in total. The minimum Gasteiger partial charge on any atom is -0.326 e. The van der Waals surface area contributed by atoms with Crippen molar-refractivity contribution in [1.82, 2.24) is 0 Å². The summed E-state index contributed by atoms with van der Waals surface area (Å²) in [6.07, 6.45) is -0.233. The van der Waals surface area contributed by atoms with E-state index in [9.17, 15) is 9.59 Å². The van der Waals surface area contributed by atoms with Crippen molar-refractivity contribution in [2.75, 3.05) is 16.8 Å². The van der Waals surface area contributed by atoms with E-state index < -0.39 is 0 Å². The molecule has 0 bridgehead atoms. The number of para-hydroxylation sites is 1. The van der Waals surface area contributed by atoms with Crippen LogP contribution in [0.1, 0.15) is 18.9 Å². The van der Waals surface area contributed by atoms with Crippen LogP contribution in [0.25, 0.3) is 0 Å². The summed E-state index contributed by atoms with van der Waals surface area (Å²) in [4.78, 5) is 25.9. The third kappa shape index (κ3) is 4.42. The van der Waals surface area contributed by atoms with Gasteiger partial charge in [-0.3, -0.25) is 9.59 Å². The molecular weight excluding hydrogens is 290 g/mol. The average Bonchev–Trinajstić information content (AvgIpc) is 2.57. The molecule has 0 aliphatic heterocycles. The summed E-state index contributed by atoms with van der Waals surface area (Å²) in [5.74, 6) is -0.640. The van der Waals surface area contributed by atoms with E-state index in [0.29, 0.717) is 17.8 Å². The molecule has 2 aromatic rings. The van der Waals surface area contributed by atoms with Crippen molar-refractivity contribution in [3.8, 4) is 6.07 Å². The van der Waals surface area contributed by atoms with Crippen LogP contribution in [0.3, 0.4) is 0 Å². The molecule has 2 rings (SSSR count). The molecule has 0 saturated carbocycles. The van der Waals surface area contributed by atoms with Gasteiger partial charge in [0.2, 0.25) is 11.8 Å². The van der Waals surface area contributed by atoms with Crippen molar-refractivity contribution in [1.29, 1.82) is 5.26 Å². The first-order valence-corrected chi connectivity index (χ1v) is 7.29. The van der Waals surface area contributed by atoms with Crippen LogP contribution in [0.15, 0.2) is 54.6 Å². The molecular formula is C18H17N3O2. The van der Waals surface area contributed by atoms with Gasteiger partial charge in [-0.2, -0.15) is 5.26 Å². The molecule has 0 fully saturated rings. The number of benzene rings is 2. The molecule has 0 aliphatic rings. The van der Waals surface area contributed by atoms with Gasteiger partial charge in [0.25, 0.3) is 0 Å². The number of rotatable bonds is 5. The number of carbonyl (C=O) groups excluding carboxylic acids is 2. The maximum Gasteiger partial charge on any atom is 0.236 e. The van der Waals surface area contributed by atoms with Gasteiger partial charge < -0.3 is 10.2 Å². The Bertz CT molecular complexity index is 718. The fourth-order valence-electron chi connectivity index (χ4n) is 2.18. The number of nitrogens with one attached hydrogen (secondary N) is 1. The van der Waals surface area contributed by atoms with E-state index in [1.165, 1.54) is 0 Å². The van der Waals surface area contributed by atoms with Crippen LogP contribution in [0.5, 0.6) is 0 Å². The highest BCUT2D eigenvalue weighted by Gasteiger charge is 2.17. The first-order valence-electron chi connectivity index (χ1n) is 7.29. The summed E-state index contributed by atoms with van der Waals surface area (Å²) in [5.41, 5.74) is 1.84. The summed E-state index contributed by atoms with van der Waals surface area (Å²) in [7, 11) is 0. The van der Waals surface area contributed by atoms with Gasteiger partial charge in [0.05, 0.1) is 11.6 Å². The van der Waals surface area contributed by atoms with Crippen LogP contribution in [-0.4, -0.2) is 18.4 Å². The first-order chi connectivity index (χ1) is 11.1. The summed E-state index contributed by atoms with van der Waals surface area (Å²) in [6.45, 7) is 2.36. The fraction of sp³-hybridized carbons (Fsp3) is 0.167. The highest BCUT2D eigenvalue weighted by atomic mass is 16.2. The smallest absolute Gasteiger partial charge is 0.236 e. The SMILES string of the molecule is CCN(C(=O)CC(=O)Nc1ccc(C#N)cc1)c1ccccc1. The van der Waals surface area contributed by atoms with Gasteiger partial charge in [-0.25, -0.2) is 0 Å². The van der Waals surface area contributed by atoms with E-state index >= 15 is 0 Å². The molecule has 0 heterocycles. The molecule has 0 saturated heterocycles. The fourth-order valence-corrected chi connectivity index (χ4v) is 2.18. The predicted octanol–water partition coefficient (Wildman–Crippen LogP) is 2.94. The quantitative estimate of drug-likeness (QED) is 0.863. The highest BCUT2D eigenvalue weighted by Crippen LogP contribution is 2.15. The Morgan fingerprint density at radius 2 is 1.74 bits per heavy atom. The van der Waals surface area contributed by atoms with Crippen molar-refractivity contribution in [2.45, 2.75) is 13.3 Å². The monoisotopic (exact) mass is 307 g/mol. The standard InChI is InChI=1S/C18H17N3O2/c1-2-21(16-6-4-3-5-7-16)18(23)12-17(22)20-15-10-8-14(13-19)9-11-15/h3-11H,2,12H2,1H3,(H,20,22). The predicted molar refractivity (Wildman–Crippen MR) is 88.9 cm³/mol. The van der Waals surface area contributed by atoms with E-state index in [4.69, 9.17) is 5.26 Å². The van der Waals surface area contributed by atoms with Crippen LogP contribution >= 0.6 is 0 Å². The zero-order chi connectivity index (χ0) is 16.7. The van der Waals surface area contributed by atoms with Gasteiger partial charge in [0, 0.05) is 17.9 Å². The molecule has 5 nitrogen and oxygen atoms in total. The molecule has 0 aromatic heterocycles. The maximum absolute atomic E-state index is 12.3. The zero-order valence-corrected chi connectivity index (χ0v) is 12.8. The number of carbonyl (C=O) groups is 2. The summed E-state index contributed by atoms with van der Waals surface area (Å²) in [6, 6.07) is 17.7. The molecule has 0 aliphatic carbocycles. The topological polar surface area (TPSA) is 73.2 Å². The number of nitrogens with zero attached hydrogens (tertiary/aromatic N) is 2. The summed E-state index contributed by atoms with van der Waals surface area (Å²) in [5, 5.41) is 11.4. The third-order valence-corrected chi connectivity index (χ3v) is 3.29. The second-order valence-electron chi connectivity index (χ2n) is 4.89. The molecule has 116 valence electrons. The highest BCUT2D eigenvalue weighted by molar-refractivity contribution is 6.09. The van der Waals surface area contributed by atoms with E-state index in [0.717, 1.165) is 5.69 Å². The van der Waals surface area contributed by atoms with Gasteiger partial charge in [-0.15, -0.1) is 0 Å². The normalized spacial score (nSPS) is 9.74. The Labute approximate surface area is 135 Å². The van der Waals surface area contributed by atoms with Crippen molar-refractivity contribution in [3.05, 3.63) is 60.2 Å². The second kappa shape index (κ2) is 7.76.